The van der Waals surface area contributed by atoms with E-state index in [1.807, 2.05) is 37.3 Å². The molecule has 1 aromatic rings. The van der Waals surface area contributed by atoms with Gasteiger partial charge in [0.1, 0.15) is 0 Å². The molecular formula is C15H22N2O. The first-order chi connectivity index (χ1) is 8.68. The SMILES string of the molecule is CC(C(=O)N[C@@H]1CCCC[C@H]1N)c1ccccc1. The number of nitrogens with two attached hydrogens (primary N) is 1. The van der Waals surface area contributed by atoms with Crippen LogP contribution in [-0.4, -0.2) is 18.0 Å². The van der Waals surface area contributed by atoms with Gasteiger partial charge < -0.3 is 11.1 Å². The van der Waals surface area contributed by atoms with Crippen LogP contribution < -0.4 is 11.1 Å². The lowest BCUT2D eigenvalue weighted by Crippen LogP contribution is -2.50. The molecule has 1 amide bonds. The Morgan fingerprint density at radius 3 is 2.61 bits per heavy atom. The quantitative estimate of drug-likeness (QED) is 0.859. The average molecular weight is 246 g/mol. The van der Waals surface area contributed by atoms with Crippen molar-refractivity contribution >= 4 is 5.91 Å². The van der Waals surface area contributed by atoms with Gasteiger partial charge in [-0.3, -0.25) is 4.79 Å². The number of carbonyl (C=O) groups excluding carboxylic acids is 1. The molecule has 1 aliphatic rings. The van der Waals surface area contributed by atoms with E-state index in [2.05, 4.69) is 5.32 Å². The van der Waals surface area contributed by atoms with E-state index in [0.717, 1.165) is 18.4 Å². The van der Waals surface area contributed by atoms with E-state index in [1.165, 1.54) is 12.8 Å². The second-order valence-electron chi connectivity index (χ2n) is 5.20. The Morgan fingerprint density at radius 1 is 1.28 bits per heavy atom. The highest BCUT2D eigenvalue weighted by molar-refractivity contribution is 5.83. The topological polar surface area (TPSA) is 55.1 Å². The summed E-state index contributed by atoms with van der Waals surface area (Å²) >= 11 is 0. The van der Waals surface area contributed by atoms with Crippen LogP contribution in [0.3, 0.4) is 0 Å². The van der Waals surface area contributed by atoms with Crippen molar-refractivity contribution in [3.63, 3.8) is 0 Å². The Labute approximate surface area is 109 Å². The van der Waals surface area contributed by atoms with Crippen molar-refractivity contribution in [3.8, 4) is 0 Å². The maximum absolute atomic E-state index is 12.2. The molecule has 0 saturated heterocycles. The molecule has 1 aromatic carbocycles. The summed E-state index contributed by atoms with van der Waals surface area (Å²) < 4.78 is 0. The van der Waals surface area contributed by atoms with E-state index < -0.39 is 0 Å². The minimum atomic E-state index is -0.111. The van der Waals surface area contributed by atoms with Gasteiger partial charge in [0.05, 0.1) is 5.92 Å². The summed E-state index contributed by atoms with van der Waals surface area (Å²) in [6.07, 6.45) is 4.37. The minimum absolute atomic E-state index is 0.0866. The van der Waals surface area contributed by atoms with Crippen LogP contribution in [0.25, 0.3) is 0 Å². The van der Waals surface area contributed by atoms with Crippen LogP contribution >= 0.6 is 0 Å². The van der Waals surface area contributed by atoms with E-state index in [9.17, 15) is 4.79 Å². The smallest absolute Gasteiger partial charge is 0.227 e. The fraction of sp³-hybridized carbons (Fsp3) is 0.533. The molecule has 0 aliphatic heterocycles. The molecular weight excluding hydrogens is 224 g/mol. The Bertz CT molecular complexity index is 391. The van der Waals surface area contributed by atoms with Crippen molar-refractivity contribution in [2.75, 3.05) is 0 Å². The molecule has 98 valence electrons. The van der Waals surface area contributed by atoms with Gasteiger partial charge in [0.2, 0.25) is 5.91 Å². The average Bonchev–Trinajstić information content (AvgIpc) is 2.41. The van der Waals surface area contributed by atoms with Crippen molar-refractivity contribution in [2.24, 2.45) is 5.73 Å². The second-order valence-corrected chi connectivity index (χ2v) is 5.20. The van der Waals surface area contributed by atoms with Gasteiger partial charge in [0.25, 0.3) is 0 Å². The van der Waals surface area contributed by atoms with E-state index in [0.29, 0.717) is 0 Å². The maximum atomic E-state index is 12.2. The molecule has 1 fully saturated rings. The van der Waals surface area contributed by atoms with E-state index >= 15 is 0 Å². The lowest BCUT2D eigenvalue weighted by Gasteiger charge is -2.30. The van der Waals surface area contributed by atoms with Gasteiger partial charge in [-0.2, -0.15) is 0 Å². The molecule has 0 heterocycles. The summed E-state index contributed by atoms with van der Waals surface area (Å²) in [6, 6.07) is 10.1. The Balaban J connectivity index is 1.95. The number of rotatable bonds is 3. The summed E-state index contributed by atoms with van der Waals surface area (Å²) in [5, 5.41) is 3.10. The highest BCUT2D eigenvalue weighted by Crippen LogP contribution is 2.19. The molecule has 3 N–H and O–H groups in total. The van der Waals surface area contributed by atoms with E-state index in [1.54, 1.807) is 0 Å². The van der Waals surface area contributed by atoms with Crippen molar-refractivity contribution in [1.82, 2.24) is 5.32 Å². The van der Waals surface area contributed by atoms with Crippen LogP contribution in [0, 0.1) is 0 Å². The van der Waals surface area contributed by atoms with Gasteiger partial charge in [-0.1, -0.05) is 43.2 Å². The normalized spacial score (nSPS) is 25.4. The number of hydrogen-bond donors (Lipinski definition) is 2. The van der Waals surface area contributed by atoms with Gasteiger partial charge >= 0.3 is 0 Å². The molecule has 3 nitrogen and oxygen atoms in total. The zero-order chi connectivity index (χ0) is 13.0. The second kappa shape index (κ2) is 6.01. The number of hydrogen-bond acceptors (Lipinski definition) is 2. The van der Waals surface area contributed by atoms with E-state index in [4.69, 9.17) is 5.73 Å². The lowest BCUT2D eigenvalue weighted by atomic mass is 9.90. The summed E-state index contributed by atoms with van der Waals surface area (Å²) in [6.45, 7) is 1.94. The van der Waals surface area contributed by atoms with Gasteiger partial charge in [-0.25, -0.2) is 0 Å². The Hall–Kier alpha value is -1.35. The minimum Gasteiger partial charge on any atom is -0.351 e. The molecule has 0 aromatic heterocycles. The largest absolute Gasteiger partial charge is 0.351 e. The summed E-state index contributed by atoms with van der Waals surface area (Å²) in [4.78, 5) is 12.2. The molecule has 2 rings (SSSR count). The lowest BCUT2D eigenvalue weighted by molar-refractivity contribution is -0.123. The monoisotopic (exact) mass is 246 g/mol. The Morgan fingerprint density at radius 2 is 1.94 bits per heavy atom. The van der Waals surface area contributed by atoms with Gasteiger partial charge in [-0.15, -0.1) is 0 Å². The molecule has 18 heavy (non-hydrogen) atoms. The van der Waals surface area contributed by atoms with Crippen molar-refractivity contribution < 1.29 is 4.79 Å². The molecule has 1 unspecified atom stereocenters. The first-order valence-electron chi connectivity index (χ1n) is 6.79. The van der Waals surface area contributed by atoms with Crippen LogP contribution in [0.1, 0.15) is 44.1 Å². The first-order valence-corrected chi connectivity index (χ1v) is 6.79. The van der Waals surface area contributed by atoms with Crippen LogP contribution in [0.15, 0.2) is 30.3 Å². The number of benzene rings is 1. The number of carbonyl (C=O) groups is 1. The van der Waals surface area contributed by atoms with Gasteiger partial charge in [0.15, 0.2) is 0 Å². The zero-order valence-electron chi connectivity index (χ0n) is 10.9. The fourth-order valence-electron chi connectivity index (χ4n) is 2.54. The third-order valence-electron chi connectivity index (χ3n) is 3.84. The Kier molecular flexibility index (Phi) is 4.37. The standard InChI is InChI=1S/C15H22N2O/c1-11(12-7-3-2-4-8-12)15(18)17-14-10-6-5-9-13(14)16/h2-4,7-8,11,13-14H,5-6,9-10,16H2,1H3,(H,17,18)/t11?,13-,14-/m1/s1. The van der Waals surface area contributed by atoms with Crippen molar-refractivity contribution in [2.45, 2.75) is 50.6 Å². The van der Waals surface area contributed by atoms with Gasteiger partial charge in [-0.05, 0) is 25.3 Å². The maximum Gasteiger partial charge on any atom is 0.227 e. The molecule has 3 heteroatoms. The van der Waals surface area contributed by atoms with Crippen LogP contribution in [0.5, 0.6) is 0 Å². The molecule has 3 atom stereocenters. The predicted octanol–water partition coefficient (Wildman–Crippen LogP) is 2.18. The fourth-order valence-corrected chi connectivity index (χ4v) is 2.54. The highest BCUT2D eigenvalue weighted by atomic mass is 16.1. The number of nitrogens with one attached hydrogen (secondary N) is 1. The van der Waals surface area contributed by atoms with Crippen molar-refractivity contribution in [3.05, 3.63) is 35.9 Å². The molecule has 1 saturated carbocycles. The first kappa shape index (κ1) is 13.1. The van der Waals surface area contributed by atoms with Crippen LogP contribution in [-0.2, 0) is 4.79 Å². The van der Waals surface area contributed by atoms with Crippen molar-refractivity contribution in [1.29, 1.82) is 0 Å². The highest BCUT2D eigenvalue weighted by Gasteiger charge is 2.25. The van der Waals surface area contributed by atoms with Crippen LogP contribution in [0.2, 0.25) is 0 Å². The summed E-state index contributed by atoms with van der Waals surface area (Å²) in [5.41, 5.74) is 7.11. The third-order valence-corrected chi connectivity index (χ3v) is 3.84. The molecule has 0 bridgehead atoms. The predicted molar refractivity (Wildman–Crippen MR) is 73.2 cm³/mol. The molecule has 1 aliphatic carbocycles. The number of amides is 1. The van der Waals surface area contributed by atoms with Crippen LogP contribution in [0.4, 0.5) is 0 Å². The zero-order valence-corrected chi connectivity index (χ0v) is 10.9. The van der Waals surface area contributed by atoms with E-state index in [-0.39, 0.29) is 23.9 Å². The third kappa shape index (κ3) is 3.10. The summed E-state index contributed by atoms with van der Waals surface area (Å²) in [5.74, 6) is -0.0242. The summed E-state index contributed by atoms with van der Waals surface area (Å²) in [7, 11) is 0. The molecule has 0 radical (unpaired) electrons. The molecule has 0 spiro atoms. The van der Waals surface area contributed by atoms with Gasteiger partial charge in [0, 0.05) is 12.1 Å².